The first-order chi connectivity index (χ1) is 4.31. The van der Waals surface area contributed by atoms with Crippen LogP contribution in [0.5, 0.6) is 0 Å². The fourth-order valence-corrected chi connectivity index (χ4v) is 0.355. The maximum atomic E-state index is 5.00. The van der Waals surface area contributed by atoms with Crippen molar-refractivity contribution in [2.45, 2.75) is 6.92 Å². The predicted octanol–water partition coefficient (Wildman–Crippen LogP) is 1.73. The van der Waals surface area contributed by atoms with Gasteiger partial charge in [0.05, 0.1) is 13.4 Å². The topological polar surface area (TPSA) is 9.23 Å². The summed E-state index contributed by atoms with van der Waals surface area (Å²) >= 11 is 0. The maximum absolute atomic E-state index is 5.00. The molecule has 0 saturated carbocycles. The molecule has 0 radical (unpaired) electrons. The number of rotatable bonds is 2. The van der Waals surface area contributed by atoms with Crippen molar-refractivity contribution < 1.29 is 4.74 Å². The van der Waals surface area contributed by atoms with Gasteiger partial charge in [0.25, 0.3) is 0 Å². The lowest BCUT2D eigenvalue weighted by Gasteiger charge is -1.86. The minimum atomic E-state index is 1.01. The maximum Gasteiger partial charge on any atom is 0.0827 e. The van der Waals surface area contributed by atoms with Crippen LogP contribution in [0.3, 0.4) is 0 Å². The van der Waals surface area contributed by atoms with Gasteiger partial charge in [0.1, 0.15) is 0 Å². The van der Waals surface area contributed by atoms with Gasteiger partial charge in [-0.05, 0) is 24.6 Å². The molecule has 0 rings (SSSR count). The molecule has 1 heteroatoms. The van der Waals surface area contributed by atoms with E-state index in [2.05, 4.69) is 10.7 Å². The Morgan fingerprint density at radius 1 is 1.67 bits per heavy atom. The Hall–Kier alpha value is -1.16. The van der Waals surface area contributed by atoms with Crippen LogP contribution in [0, 0.1) is 12.3 Å². The quantitative estimate of drug-likeness (QED) is 0.308. The van der Waals surface area contributed by atoms with Gasteiger partial charge in [0, 0.05) is 0 Å². The zero-order valence-corrected chi connectivity index (χ0v) is 5.72. The third kappa shape index (κ3) is 4.70. The number of allylic oxidation sites excluding steroid dienone is 3. The molecular weight excluding hydrogens is 112 g/mol. The summed E-state index contributed by atoms with van der Waals surface area (Å²) in [7, 11) is 1.60. The third-order valence-corrected chi connectivity index (χ3v) is 0.778. The van der Waals surface area contributed by atoms with Crippen LogP contribution >= 0.6 is 0 Å². The summed E-state index contributed by atoms with van der Waals surface area (Å²) in [5.74, 6) is 2.41. The standard InChI is InChI=1S/C8H10O/c1-4-5-8(2)6-7-9-3/h1,5-7H,2-3H3. The zero-order chi connectivity index (χ0) is 7.11. The van der Waals surface area contributed by atoms with Crippen LogP contribution in [-0.4, -0.2) is 7.11 Å². The molecule has 0 spiro atoms. The predicted molar refractivity (Wildman–Crippen MR) is 38.7 cm³/mol. The highest BCUT2D eigenvalue weighted by molar-refractivity contribution is 5.23. The van der Waals surface area contributed by atoms with Crippen molar-refractivity contribution in [1.82, 2.24) is 0 Å². The van der Waals surface area contributed by atoms with E-state index in [1.165, 1.54) is 0 Å². The second-order valence-corrected chi connectivity index (χ2v) is 1.59. The molecule has 0 atom stereocenters. The second-order valence-electron chi connectivity index (χ2n) is 1.59. The van der Waals surface area contributed by atoms with E-state index in [4.69, 9.17) is 6.42 Å². The first-order valence-electron chi connectivity index (χ1n) is 2.63. The molecule has 48 valence electrons. The molecule has 0 fully saturated rings. The molecular formula is C8H10O. The number of methoxy groups -OCH3 is 1. The van der Waals surface area contributed by atoms with E-state index in [1.807, 2.05) is 6.92 Å². The summed E-state index contributed by atoms with van der Waals surface area (Å²) in [6.07, 6.45) is 10.1. The van der Waals surface area contributed by atoms with E-state index in [1.54, 1.807) is 25.5 Å². The lowest BCUT2D eigenvalue weighted by molar-refractivity contribution is 0.338. The van der Waals surface area contributed by atoms with Crippen LogP contribution in [0.1, 0.15) is 6.92 Å². The molecule has 9 heavy (non-hydrogen) atoms. The van der Waals surface area contributed by atoms with Gasteiger partial charge in [-0.1, -0.05) is 5.92 Å². The number of ether oxygens (including phenoxy) is 1. The van der Waals surface area contributed by atoms with Gasteiger partial charge in [-0.3, -0.25) is 0 Å². The summed E-state index contributed by atoms with van der Waals surface area (Å²) in [6.45, 7) is 1.91. The molecule has 0 aromatic carbocycles. The van der Waals surface area contributed by atoms with Crippen molar-refractivity contribution in [3.63, 3.8) is 0 Å². The SMILES string of the molecule is C#CC=C(C)C=COC. The van der Waals surface area contributed by atoms with E-state index < -0.39 is 0 Å². The zero-order valence-electron chi connectivity index (χ0n) is 5.72. The Balaban J connectivity index is 3.79. The molecule has 0 N–H and O–H groups in total. The summed E-state index contributed by atoms with van der Waals surface area (Å²) in [6, 6.07) is 0. The molecule has 0 aliphatic rings. The molecule has 0 amide bonds. The second kappa shape index (κ2) is 4.99. The van der Waals surface area contributed by atoms with Crippen molar-refractivity contribution in [2.24, 2.45) is 0 Å². The summed E-state index contributed by atoms with van der Waals surface area (Å²) in [4.78, 5) is 0. The highest BCUT2D eigenvalue weighted by Crippen LogP contribution is 1.92. The molecule has 0 heterocycles. The number of hydrogen-bond acceptors (Lipinski definition) is 1. The van der Waals surface area contributed by atoms with Crippen molar-refractivity contribution in [1.29, 1.82) is 0 Å². The Bertz CT molecular complexity index is 158. The van der Waals surface area contributed by atoms with E-state index in [-0.39, 0.29) is 0 Å². The van der Waals surface area contributed by atoms with E-state index in [0.29, 0.717) is 0 Å². The lowest BCUT2D eigenvalue weighted by atomic mass is 10.3. The fourth-order valence-electron chi connectivity index (χ4n) is 0.355. The molecule has 0 saturated heterocycles. The van der Waals surface area contributed by atoms with E-state index in [0.717, 1.165) is 5.57 Å². The molecule has 0 bridgehead atoms. The first-order valence-corrected chi connectivity index (χ1v) is 2.63. The Morgan fingerprint density at radius 3 is 2.78 bits per heavy atom. The first kappa shape index (κ1) is 7.84. The molecule has 0 unspecified atom stereocenters. The van der Waals surface area contributed by atoms with Crippen molar-refractivity contribution in [2.75, 3.05) is 7.11 Å². The average molecular weight is 122 g/mol. The molecule has 0 aromatic heterocycles. The Labute approximate surface area is 56.0 Å². The van der Waals surface area contributed by atoms with Gasteiger partial charge in [0.15, 0.2) is 0 Å². The highest BCUT2D eigenvalue weighted by atomic mass is 16.5. The average Bonchev–Trinajstić information content (AvgIpc) is 1.85. The fraction of sp³-hybridized carbons (Fsp3) is 0.250. The minimum Gasteiger partial charge on any atom is -0.504 e. The van der Waals surface area contributed by atoms with Crippen LogP contribution in [0.2, 0.25) is 0 Å². The molecule has 0 aliphatic heterocycles. The smallest absolute Gasteiger partial charge is 0.0827 e. The normalized spacial score (nSPS) is 11.4. The largest absolute Gasteiger partial charge is 0.504 e. The third-order valence-electron chi connectivity index (χ3n) is 0.778. The van der Waals surface area contributed by atoms with Crippen LogP contribution in [-0.2, 0) is 4.74 Å². The van der Waals surface area contributed by atoms with Crippen LogP contribution < -0.4 is 0 Å². The summed E-state index contributed by atoms with van der Waals surface area (Å²) in [5, 5.41) is 0. The summed E-state index contributed by atoms with van der Waals surface area (Å²) < 4.78 is 4.67. The monoisotopic (exact) mass is 122 g/mol. The van der Waals surface area contributed by atoms with Gasteiger partial charge >= 0.3 is 0 Å². The van der Waals surface area contributed by atoms with Gasteiger partial charge in [-0.2, -0.15) is 0 Å². The van der Waals surface area contributed by atoms with E-state index in [9.17, 15) is 0 Å². The van der Waals surface area contributed by atoms with Gasteiger partial charge < -0.3 is 4.74 Å². The summed E-state index contributed by atoms with van der Waals surface area (Å²) in [5.41, 5.74) is 1.01. The minimum absolute atomic E-state index is 1.01. The van der Waals surface area contributed by atoms with E-state index >= 15 is 0 Å². The van der Waals surface area contributed by atoms with Crippen LogP contribution in [0.25, 0.3) is 0 Å². The molecule has 1 nitrogen and oxygen atoms in total. The highest BCUT2D eigenvalue weighted by Gasteiger charge is 1.74. The number of terminal acetylenes is 1. The van der Waals surface area contributed by atoms with Crippen molar-refractivity contribution in [3.8, 4) is 12.3 Å². The Morgan fingerprint density at radius 2 is 2.33 bits per heavy atom. The van der Waals surface area contributed by atoms with Gasteiger partial charge in [0.2, 0.25) is 0 Å². The van der Waals surface area contributed by atoms with Crippen molar-refractivity contribution >= 4 is 0 Å². The Kier molecular flexibility index (Phi) is 4.34. The van der Waals surface area contributed by atoms with Gasteiger partial charge in [-0.25, -0.2) is 0 Å². The van der Waals surface area contributed by atoms with Gasteiger partial charge in [-0.15, -0.1) is 6.42 Å². The molecule has 0 aromatic rings. The van der Waals surface area contributed by atoms with Crippen molar-refractivity contribution in [3.05, 3.63) is 24.0 Å². The van der Waals surface area contributed by atoms with Crippen LogP contribution in [0.4, 0.5) is 0 Å². The molecule has 0 aliphatic carbocycles. The number of hydrogen-bond donors (Lipinski definition) is 0. The van der Waals surface area contributed by atoms with Crippen LogP contribution in [0.15, 0.2) is 24.0 Å². The lowest BCUT2D eigenvalue weighted by Crippen LogP contribution is -1.68.